The summed E-state index contributed by atoms with van der Waals surface area (Å²) in [6.45, 7) is 0.359. The zero-order valence-electron chi connectivity index (χ0n) is 8.27. The van der Waals surface area contributed by atoms with E-state index in [-0.39, 0.29) is 10.7 Å². The maximum atomic E-state index is 11.4. The lowest BCUT2D eigenvalue weighted by atomic mass is 10.3. The second kappa shape index (κ2) is 6.06. The molecule has 8 heteroatoms. The van der Waals surface area contributed by atoms with Crippen molar-refractivity contribution in [2.75, 3.05) is 12.3 Å². The van der Waals surface area contributed by atoms with E-state index in [2.05, 4.69) is 32.9 Å². The standard InChI is InChI=1S/C8H11BrN2O2S3/c9-7-2-1-6(15-7)3-4-11-16(12,13)5-8(10)14/h1-2,11H,3-5H2,(H2,10,14). The van der Waals surface area contributed by atoms with Crippen molar-refractivity contribution in [3.63, 3.8) is 0 Å². The van der Waals surface area contributed by atoms with Gasteiger partial charge in [0, 0.05) is 11.4 Å². The summed E-state index contributed by atoms with van der Waals surface area (Å²) in [6, 6.07) is 3.89. The summed E-state index contributed by atoms with van der Waals surface area (Å²) >= 11 is 9.47. The fraction of sp³-hybridized carbons (Fsp3) is 0.375. The highest BCUT2D eigenvalue weighted by molar-refractivity contribution is 9.11. The van der Waals surface area contributed by atoms with Crippen LogP contribution in [0.2, 0.25) is 0 Å². The number of halogens is 1. The Hall–Kier alpha value is -0.0200. The van der Waals surface area contributed by atoms with Gasteiger partial charge >= 0.3 is 0 Å². The highest BCUT2D eigenvalue weighted by atomic mass is 79.9. The molecule has 0 saturated carbocycles. The SMILES string of the molecule is NC(=S)CS(=O)(=O)NCCc1ccc(Br)s1. The van der Waals surface area contributed by atoms with E-state index in [9.17, 15) is 8.42 Å². The fourth-order valence-electron chi connectivity index (χ4n) is 1.05. The van der Waals surface area contributed by atoms with Gasteiger partial charge in [0.05, 0.1) is 8.77 Å². The van der Waals surface area contributed by atoms with Gasteiger partial charge in [-0.3, -0.25) is 0 Å². The van der Waals surface area contributed by atoms with Crippen molar-refractivity contribution in [3.8, 4) is 0 Å². The smallest absolute Gasteiger partial charge is 0.218 e. The molecule has 3 N–H and O–H groups in total. The Bertz CT molecular complexity index is 469. The van der Waals surface area contributed by atoms with E-state index in [1.165, 1.54) is 0 Å². The first-order chi connectivity index (χ1) is 7.39. The van der Waals surface area contributed by atoms with Gasteiger partial charge in [0.1, 0.15) is 5.75 Å². The van der Waals surface area contributed by atoms with Gasteiger partial charge in [-0.1, -0.05) is 12.2 Å². The molecule has 4 nitrogen and oxygen atoms in total. The van der Waals surface area contributed by atoms with Crippen molar-refractivity contribution in [2.24, 2.45) is 5.73 Å². The van der Waals surface area contributed by atoms with Crippen LogP contribution < -0.4 is 10.5 Å². The Morgan fingerprint density at radius 3 is 2.75 bits per heavy atom. The van der Waals surface area contributed by atoms with Crippen LogP contribution in [0, 0.1) is 0 Å². The molecule has 90 valence electrons. The third-order valence-corrected chi connectivity index (χ3v) is 5.00. The molecule has 0 atom stereocenters. The lowest BCUT2D eigenvalue weighted by Gasteiger charge is -2.04. The maximum Gasteiger partial charge on any atom is 0.218 e. The molecule has 1 rings (SSSR count). The zero-order chi connectivity index (χ0) is 12.2. The average molecular weight is 343 g/mol. The second-order valence-electron chi connectivity index (χ2n) is 3.08. The summed E-state index contributed by atoms with van der Waals surface area (Å²) < 4.78 is 26.2. The minimum absolute atomic E-state index is 0.0219. The first kappa shape index (κ1) is 14.0. The summed E-state index contributed by atoms with van der Waals surface area (Å²) in [5, 5.41) is 0. The molecule has 1 aromatic heterocycles. The van der Waals surface area contributed by atoms with Crippen LogP contribution in [-0.4, -0.2) is 25.7 Å². The number of hydrogen-bond donors (Lipinski definition) is 2. The first-order valence-corrected chi connectivity index (χ1v) is 8.06. The van der Waals surface area contributed by atoms with Crippen molar-refractivity contribution in [1.82, 2.24) is 4.72 Å². The minimum atomic E-state index is -3.37. The zero-order valence-corrected chi connectivity index (χ0v) is 12.3. The van der Waals surface area contributed by atoms with Crippen molar-refractivity contribution in [1.29, 1.82) is 0 Å². The van der Waals surface area contributed by atoms with Crippen molar-refractivity contribution >= 4 is 54.5 Å². The van der Waals surface area contributed by atoms with E-state index in [1.54, 1.807) is 11.3 Å². The van der Waals surface area contributed by atoms with E-state index >= 15 is 0 Å². The number of sulfonamides is 1. The normalized spacial score (nSPS) is 11.6. The molecule has 0 fully saturated rings. The molecule has 0 aromatic carbocycles. The number of thiophene rings is 1. The third-order valence-electron chi connectivity index (χ3n) is 1.65. The van der Waals surface area contributed by atoms with Crippen LogP contribution in [0.4, 0.5) is 0 Å². The average Bonchev–Trinajstić information content (AvgIpc) is 2.48. The van der Waals surface area contributed by atoms with Crippen molar-refractivity contribution in [3.05, 3.63) is 20.8 Å². The second-order valence-corrected chi connectivity index (χ2v) is 7.95. The number of thiocarbonyl (C=S) groups is 1. The Morgan fingerprint density at radius 1 is 1.56 bits per heavy atom. The Labute approximate surface area is 112 Å². The molecule has 1 heterocycles. The number of rotatable bonds is 6. The predicted molar refractivity (Wildman–Crippen MR) is 74.3 cm³/mol. The highest BCUT2D eigenvalue weighted by Crippen LogP contribution is 2.22. The summed E-state index contributed by atoms with van der Waals surface area (Å²) in [5.74, 6) is -0.295. The lowest BCUT2D eigenvalue weighted by molar-refractivity contribution is 0.586. The molecule has 0 spiro atoms. The summed E-state index contributed by atoms with van der Waals surface area (Å²) in [6.07, 6.45) is 0.660. The molecule has 0 aliphatic heterocycles. The van der Waals surface area contributed by atoms with Crippen LogP contribution in [0.25, 0.3) is 0 Å². The molecule has 0 radical (unpaired) electrons. The van der Waals surface area contributed by atoms with Crippen molar-refractivity contribution < 1.29 is 8.42 Å². The molecular weight excluding hydrogens is 332 g/mol. The molecule has 0 aliphatic rings. The molecule has 0 aliphatic carbocycles. The van der Waals surface area contributed by atoms with Crippen LogP contribution >= 0.6 is 39.5 Å². The largest absolute Gasteiger partial charge is 0.392 e. The molecule has 1 aromatic rings. The van der Waals surface area contributed by atoms with E-state index in [0.29, 0.717) is 13.0 Å². The number of hydrogen-bond acceptors (Lipinski definition) is 4. The topological polar surface area (TPSA) is 72.2 Å². The minimum Gasteiger partial charge on any atom is -0.392 e. The van der Waals surface area contributed by atoms with Crippen LogP contribution in [-0.2, 0) is 16.4 Å². The Morgan fingerprint density at radius 2 is 2.25 bits per heavy atom. The third kappa shape index (κ3) is 5.35. The predicted octanol–water partition coefficient (Wildman–Crippen LogP) is 1.26. The fourth-order valence-corrected chi connectivity index (χ4v) is 3.89. The van der Waals surface area contributed by atoms with E-state index in [0.717, 1.165) is 8.66 Å². The van der Waals surface area contributed by atoms with Gasteiger partial charge in [0.2, 0.25) is 10.0 Å². The van der Waals surface area contributed by atoms with Crippen molar-refractivity contribution in [2.45, 2.75) is 6.42 Å². The highest BCUT2D eigenvalue weighted by Gasteiger charge is 2.10. The molecule has 16 heavy (non-hydrogen) atoms. The van der Waals surface area contributed by atoms with E-state index in [4.69, 9.17) is 5.73 Å². The van der Waals surface area contributed by atoms with Gasteiger partial charge in [0.25, 0.3) is 0 Å². The Kier molecular flexibility index (Phi) is 5.32. The number of nitrogens with two attached hydrogens (primary N) is 1. The van der Waals surface area contributed by atoms with E-state index in [1.807, 2.05) is 12.1 Å². The summed E-state index contributed by atoms with van der Waals surface area (Å²) in [4.78, 5) is 1.09. The monoisotopic (exact) mass is 342 g/mol. The number of nitrogens with one attached hydrogen (secondary N) is 1. The van der Waals surface area contributed by atoms with Gasteiger partial charge < -0.3 is 5.73 Å². The van der Waals surface area contributed by atoms with Gasteiger partial charge in [-0.2, -0.15) is 0 Å². The van der Waals surface area contributed by atoms with Gasteiger partial charge in [-0.25, -0.2) is 13.1 Å². The van der Waals surface area contributed by atoms with Gasteiger partial charge in [0.15, 0.2) is 0 Å². The van der Waals surface area contributed by atoms with Crippen LogP contribution in [0.3, 0.4) is 0 Å². The quantitative estimate of drug-likeness (QED) is 0.763. The summed E-state index contributed by atoms with van der Waals surface area (Å²) in [7, 11) is -3.37. The molecule has 0 amide bonds. The Balaban J connectivity index is 2.38. The van der Waals surface area contributed by atoms with Crippen LogP contribution in [0.1, 0.15) is 4.88 Å². The summed E-state index contributed by atoms with van der Waals surface area (Å²) in [5.41, 5.74) is 5.17. The molecule has 0 unspecified atom stereocenters. The maximum absolute atomic E-state index is 11.4. The van der Waals surface area contributed by atoms with Gasteiger partial charge in [-0.15, -0.1) is 11.3 Å². The van der Waals surface area contributed by atoms with Gasteiger partial charge in [-0.05, 0) is 34.5 Å². The molecule has 0 saturated heterocycles. The molecular formula is C8H11BrN2O2S3. The molecule has 0 bridgehead atoms. The van der Waals surface area contributed by atoms with E-state index < -0.39 is 10.0 Å². The van der Waals surface area contributed by atoms with Crippen LogP contribution in [0.15, 0.2) is 15.9 Å². The first-order valence-electron chi connectivity index (χ1n) is 4.39. The lowest BCUT2D eigenvalue weighted by Crippen LogP contribution is -2.33. The van der Waals surface area contributed by atoms with Crippen LogP contribution in [0.5, 0.6) is 0 Å².